The lowest BCUT2D eigenvalue weighted by atomic mass is 10.2. The third-order valence-electron chi connectivity index (χ3n) is 2.38. The Bertz CT molecular complexity index is 567. The summed E-state index contributed by atoms with van der Waals surface area (Å²) in [4.78, 5) is 11.5. The molecule has 0 fully saturated rings. The molecule has 0 saturated heterocycles. The van der Waals surface area contributed by atoms with Gasteiger partial charge in [0.2, 0.25) is 10.0 Å². The van der Waals surface area contributed by atoms with E-state index < -0.39 is 16.0 Å². The number of methoxy groups -OCH3 is 1. The average Bonchev–Trinajstić information content (AvgIpc) is 2.35. The molecule has 0 unspecified atom stereocenters. The third kappa shape index (κ3) is 3.93. The zero-order valence-corrected chi connectivity index (χ0v) is 12.0. The van der Waals surface area contributed by atoms with Gasteiger partial charge in [0.05, 0.1) is 17.6 Å². The van der Waals surface area contributed by atoms with Gasteiger partial charge in [0.15, 0.2) is 0 Å². The zero-order chi connectivity index (χ0) is 14.6. The minimum atomic E-state index is -3.76. The fourth-order valence-electron chi connectivity index (χ4n) is 1.41. The smallest absolute Gasteiger partial charge is 0.339 e. The van der Waals surface area contributed by atoms with Crippen LogP contribution >= 0.6 is 0 Å². The minimum absolute atomic E-state index is 0.0706. The Morgan fingerprint density at radius 2 is 2.05 bits per heavy atom. The highest BCUT2D eigenvalue weighted by atomic mass is 32.2. The van der Waals surface area contributed by atoms with E-state index in [2.05, 4.69) is 9.46 Å². The molecule has 1 aromatic rings. The van der Waals surface area contributed by atoms with Gasteiger partial charge in [-0.3, -0.25) is 0 Å². The summed E-state index contributed by atoms with van der Waals surface area (Å²) in [6.07, 6.45) is 0. The standard InChI is InChI=1S/C12H18N2O4S/c1-8(2)7-14-19(16,17)11-5-4-9(13)6-10(11)12(15)18-3/h4-6,8,14H,7,13H2,1-3H3. The number of sulfonamides is 1. The largest absolute Gasteiger partial charge is 0.465 e. The fourth-order valence-corrected chi connectivity index (χ4v) is 2.79. The Morgan fingerprint density at radius 3 is 2.58 bits per heavy atom. The molecule has 3 N–H and O–H groups in total. The van der Waals surface area contributed by atoms with Crippen LogP contribution in [0.3, 0.4) is 0 Å². The van der Waals surface area contributed by atoms with Crippen LogP contribution in [-0.4, -0.2) is 28.0 Å². The Kier molecular flexibility index (Phi) is 4.90. The first-order valence-electron chi connectivity index (χ1n) is 5.75. The van der Waals surface area contributed by atoms with Crippen LogP contribution in [0, 0.1) is 5.92 Å². The molecule has 6 nitrogen and oxygen atoms in total. The van der Waals surface area contributed by atoms with E-state index in [1.165, 1.54) is 25.3 Å². The van der Waals surface area contributed by atoms with E-state index in [4.69, 9.17) is 5.73 Å². The van der Waals surface area contributed by atoms with Gasteiger partial charge >= 0.3 is 5.97 Å². The SMILES string of the molecule is COC(=O)c1cc(N)ccc1S(=O)(=O)NCC(C)C. The van der Waals surface area contributed by atoms with Gasteiger partial charge in [-0.05, 0) is 24.1 Å². The van der Waals surface area contributed by atoms with Crippen LogP contribution in [0.1, 0.15) is 24.2 Å². The van der Waals surface area contributed by atoms with Gasteiger partial charge < -0.3 is 10.5 Å². The summed E-state index contributed by atoms with van der Waals surface area (Å²) in [6.45, 7) is 4.05. The van der Waals surface area contributed by atoms with Crippen LogP contribution < -0.4 is 10.5 Å². The number of nitrogen functional groups attached to an aromatic ring is 1. The van der Waals surface area contributed by atoms with E-state index in [9.17, 15) is 13.2 Å². The molecular formula is C12H18N2O4S. The number of ether oxygens (including phenoxy) is 1. The molecule has 1 rings (SSSR count). The highest BCUT2D eigenvalue weighted by Gasteiger charge is 2.23. The number of rotatable bonds is 5. The lowest BCUT2D eigenvalue weighted by molar-refractivity contribution is 0.0596. The number of esters is 1. The zero-order valence-electron chi connectivity index (χ0n) is 11.1. The predicted octanol–water partition coefficient (Wildman–Crippen LogP) is 0.990. The number of nitrogens with two attached hydrogens (primary N) is 1. The molecule has 0 heterocycles. The second kappa shape index (κ2) is 6.03. The van der Waals surface area contributed by atoms with Crippen molar-refractivity contribution < 1.29 is 17.9 Å². The van der Waals surface area contributed by atoms with Crippen LogP contribution in [-0.2, 0) is 14.8 Å². The van der Waals surface area contributed by atoms with Crippen LogP contribution in [0.4, 0.5) is 5.69 Å². The molecule has 19 heavy (non-hydrogen) atoms. The first kappa shape index (κ1) is 15.5. The molecule has 106 valence electrons. The molecule has 0 aromatic heterocycles. The summed E-state index contributed by atoms with van der Waals surface area (Å²) in [7, 11) is -2.58. The molecular weight excluding hydrogens is 268 g/mol. The molecule has 0 bridgehead atoms. The Hall–Kier alpha value is -1.60. The normalized spacial score (nSPS) is 11.6. The second-order valence-corrected chi connectivity index (χ2v) is 6.23. The number of hydrogen-bond acceptors (Lipinski definition) is 5. The molecule has 0 aliphatic heterocycles. The summed E-state index contributed by atoms with van der Waals surface area (Å²) in [5.74, 6) is -0.581. The van der Waals surface area contributed by atoms with E-state index in [1.54, 1.807) is 0 Å². The summed E-state index contributed by atoms with van der Waals surface area (Å²) in [6, 6.07) is 4.01. The van der Waals surface area contributed by atoms with Crippen molar-refractivity contribution in [3.63, 3.8) is 0 Å². The van der Waals surface area contributed by atoms with Crippen molar-refractivity contribution in [3.8, 4) is 0 Å². The highest BCUT2D eigenvalue weighted by molar-refractivity contribution is 7.89. The maximum absolute atomic E-state index is 12.1. The van der Waals surface area contributed by atoms with Crippen molar-refractivity contribution in [2.24, 2.45) is 5.92 Å². The van der Waals surface area contributed by atoms with Gasteiger partial charge in [-0.2, -0.15) is 0 Å². The third-order valence-corrected chi connectivity index (χ3v) is 3.86. The summed E-state index contributed by atoms with van der Waals surface area (Å²) in [5, 5.41) is 0. The summed E-state index contributed by atoms with van der Waals surface area (Å²) in [5.41, 5.74) is 5.79. The van der Waals surface area contributed by atoms with Crippen LogP contribution in [0.25, 0.3) is 0 Å². The molecule has 0 saturated carbocycles. The minimum Gasteiger partial charge on any atom is -0.465 e. The lowest BCUT2D eigenvalue weighted by Gasteiger charge is -2.12. The predicted molar refractivity (Wildman–Crippen MR) is 72.2 cm³/mol. The van der Waals surface area contributed by atoms with Gasteiger partial charge in [0.1, 0.15) is 0 Å². The second-order valence-electron chi connectivity index (χ2n) is 4.49. The van der Waals surface area contributed by atoms with Crippen LogP contribution in [0.2, 0.25) is 0 Å². The van der Waals surface area contributed by atoms with Crippen LogP contribution in [0.15, 0.2) is 23.1 Å². The van der Waals surface area contributed by atoms with E-state index in [0.717, 1.165) is 0 Å². The average molecular weight is 286 g/mol. The molecule has 7 heteroatoms. The monoisotopic (exact) mass is 286 g/mol. The van der Waals surface area contributed by atoms with E-state index in [-0.39, 0.29) is 22.9 Å². The lowest BCUT2D eigenvalue weighted by Crippen LogP contribution is -2.29. The van der Waals surface area contributed by atoms with Crippen molar-refractivity contribution in [2.75, 3.05) is 19.4 Å². The summed E-state index contributed by atoms with van der Waals surface area (Å²) >= 11 is 0. The van der Waals surface area contributed by atoms with E-state index in [1.807, 2.05) is 13.8 Å². The Labute approximate surface area is 113 Å². The van der Waals surface area contributed by atoms with Crippen molar-refractivity contribution in [1.29, 1.82) is 0 Å². The molecule has 0 radical (unpaired) electrons. The topological polar surface area (TPSA) is 98.5 Å². The number of hydrogen-bond donors (Lipinski definition) is 2. The molecule has 0 atom stereocenters. The molecule has 0 aliphatic rings. The molecule has 0 aliphatic carbocycles. The van der Waals surface area contributed by atoms with Crippen molar-refractivity contribution in [2.45, 2.75) is 18.7 Å². The molecule has 0 amide bonds. The summed E-state index contributed by atoms with van der Waals surface area (Å²) < 4.78 is 31.3. The van der Waals surface area contributed by atoms with Gasteiger partial charge in [-0.1, -0.05) is 13.8 Å². The van der Waals surface area contributed by atoms with E-state index in [0.29, 0.717) is 5.69 Å². The fraction of sp³-hybridized carbons (Fsp3) is 0.417. The van der Waals surface area contributed by atoms with Crippen molar-refractivity contribution >= 4 is 21.7 Å². The van der Waals surface area contributed by atoms with Gasteiger partial charge in [0.25, 0.3) is 0 Å². The first-order chi connectivity index (χ1) is 8.77. The Morgan fingerprint density at radius 1 is 1.42 bits per heavy atom. The number of benzene rings is 1. The number of anilines is 1. The quantitative estimate of drug-likeness (QED) is 0.621. The van der Waals surface area contributed by atoms with Gasteiger partial charge in [-0.15, -0.1) is 0 Å². The van der Waals surface area contributed by atoms with E-state index >= 15 is 0 Å². The maximum atomic E-state index is 12.1. The first-order valence-corrected chi connectivity index (χ1v) is 7.23. The van der Waals surface area contributed by atoms with Gasteiger partial charge in [0, 0.05) is 12.2 Å². The number of carbonyl (C=O) groups excluding carboxylic acids is 1. The maximum Gasteiger partial charge on any atom is 0.339 e. The van der Waals surface area contributed by atoms with Crippen molar-refractivity contribution in [3.05, 3.63) is 23.8 Å². The van der Waals surface area contributed by atoms with Crippen LogP contribution in [0.5, 0.6) is 0 Å². The highest BCUT2D eigenvalue weighted by Crippen LogP contribution is 2.19. The molecule has 0 spiro atoms. The number of nitrogens with one attached hydrogen (secondary N) is 1. The van der Waals surface area contributed by atoms with Crippen molar-refractivity contribution in [1.82, 2.24) is 4.72 Å². The van der Waals surface area contributed by atoms with Gasteiger partial charge in [-0.25, -0.2) is 17.9 Å². The number of carbonyl (C=O) groups is 1. The molecule has 1 aromatic carbocycles. The Balaban J connectivity index is 3.22.